The molecule has 0 spiro atoms. The molecule has 32 heavy (non-hydrogen) atoms. The van der Waals surface area contributed by atoms with Crippen LogP contribution < -0.4 is 5.32 Å². The van der Waals surface area contributed by atoms with E-state index in [0.717, 1.165) is 39.8 Å². The maximum Gasteiger partial charge on any atom is 0.226 e. The van der Waals surface area contributed by atoms with Crippen molar-refractivity contribution in [2.24, 2.45) is 0 Å². The lowest BCUT2D eigenvalue weighted by molar-refractivity contribution is -0.120. The number of aromatic amines is 1. The lowest BCUT2D eigenvalue weighted by Crippen LogP contribution is -2.25. The Kier molecular flexibility index (Phi) is 5.49. The molecule has 6 heteroatoms. The van der Waals surface area contributed by atoms with E-state index in [1.807, 2.05) is 53.3 Å². The lowest BCUT2D eigenvalue weighted by atomic mass is 9.98. The van der Waals surface area contributed by atoms with E-state index in [0.29, 0.717) is 6.54 Å². The number of carbonyl (C=O) groups is 1. The summed E-state index contributed by atoms with van der Waals surface area (Å²) in [5.74, 6) is -0.0382. The van der Waals surface area contributed by atoms with Gasteiger partial charge in [0.05, 0.1) is 24.2 Å². The van der Waals surface area contributed by atoms with Crippen molar-refractivity contribution in [1.29, 1.82) is 0 Å². The average Bonchev–Trinajstić information content (AvgIpc) is 3.49. The zero-order valence-corrected chi connectivity index (χ0v) is 17.5. The van der Waals surface area contributed by atoms with E-state index in [1.165, 1.54) is 5.56 Å². The van der Waals surface area contributed by atoms with E-state index < -0.39 is 0 Å². The smallest absolute Gasteiger partial charge is 0.226 e. The number of hydrogen-bond acceptors (Lipinski definition) is 3. The summed E-state index contributed by atoms with van der Waals surface area (Å²) in [6, 6.07) is 26.4. The van der Waals surface area contributed by atoms with Gasteiger partial charge in [-0.25, -0.2) is 0 Å². The normalized spacial score (nSPS) is 11.0. The van der Waals surface area contributed by atoms with Crippen molar-refractivity contribution in [3.8, 4) is 11.1 Å². The third-order valence-electron chi connectivity index (χ3n) is 5.54. The van der Waals surface area contributed by atoms with Gasteiger partial charge in [-0.2, -0.15) is 10.2 Å². The number of para-hydroxylation sites is 1. The summed E-state index contributed by atoms with van der Waals surface area (Å²) < 4.78 is 1.90. The minimum Gasteiger partial charge on any atom is -0.352 e. The highest BCUT2D eigenvalue weighted by molar-refractivity contribution is 5.87. The number of nitrogens with zero attached hydrogens (tertiary/aromatic N) is 3. The largest absolute Gasteiger partial charge is 0.352 e. The molecule has 0 saturated heterocycles. The molecule has 0 radical (unpaired) electrons. The molecule has 158 valence electrons. The summed E-state index contributed by atoms with van der Waals surface area (Å²) in [6.07, 6.45) is 4.01. The first-order valence-electron chi connectivity index (χ1n) is 10.6. The van der Waals surface area contributed by atoms with Crippen LogP contribution in [0.15, 0.2) is 91.3 Å². The van der Waals surface area contributed by atoms with E-state index in [4.69, 9.17) is 0 Å². The topological polar surface area (TPSA) is 75.6 Å². The predicted molar refractivity (Wildman–Crippen MR) is 125 cm³/mol. The van der Waals surface area contributed by atoms with Crippen LogP contribution >= 0.6 is 0 Å². The fourth-order valence-corrected chi connectivity index (χ4v) is 3.89. The molecule has 1 amide bonds. The van der Waals surface area contributed by atoms with Crippen molar-refractivity contribution in [2.75, 3.05) is 0 Å². The summed E-state index contributed by atoms with van der Waals surface area (Å²) in [4.78, 5) is 12.6. The highest BCUT2D eigenvalue weighted by atomic mass is 16.1. The Hall–Kier alpha value is -4.19. The Labute approximate surface area is 185 Å². The van der Waals surface area contributed by atoms with E-state index in [9.17, 15) is 4.79 Å². The number of benzene rings is 3. The first-order valence-corrected chi connectivity index (χ1v) is 10.6. The van der Waals surface area contributed by atoms with Crippen LogP contribution in [-0.4, -0.2) is 25.9 Å². The number of carbonyl (C=O) groups excluding carboxylic acids is 1. The molecule has 0 fully saturated rings. The molecule has 0 saturated carbocycles. The van der Waals surface area contributed by atoms with Gasteiger partial charge in [0.25, 0.3) is 0 Å². The van der Waals surface area contributed by atoms with Gasteiger partial charge in [-0.3, -0.25) is 14.6 Å². The van der Waals surface area contributed by atoms with Crippen LogP contribution in [0.5, 0.6) is 0 Å². The Bertz CT molecular complexity index is 1340. The van der Waals surface area contributed by atoms with Crippen LogP contribution in [0.3, 0.4) is 0 Å². The molecule has 5 aromatic rings. The molecule has 0 bridgehead atoms. The summed E-state index contributed by atoms with van der Waals surface area (Å²) in [5.41, 5.74) is 6.21. The van der Waals surface area contributed by atoms with Gasteiger partial charge in [-0.05, 0) is 34.4 Å². The van der Waals surface area contributed by atoms with Gasteiger partial charge in [0.2, 0.25) is 5.91 Å². The number of aromatic nitrogens is 4. The van der Waals surface area contributed by atoms with Gasteiger partial charge >= 0.3 is 0 Å². The first kappa shape index (κ1) is 19.8. The van der Waals surface area contributed by atoms with Crippen molar-refractivity contribution in [3.63, 3.8) is 0 Å². The molecule has 2 aromatic heterocycles. The molecular formula is C26H23N5O. The minimum atomic E-state index is -0.0382. The second-order valence-corrected chi connectivity index (χ2v) is 7.73. The van der Waals surface area contributed by atoms with Gasteiger partial charge in [0, 0.05) is 24.3 Å². The van der Waals surface area contributed by atoms with Crippen molar-refractivity contribution in [3.05, 3.63) is 108 Å². The number of rotatable bonds is 7. The quantitative estimate of drug-likeness (QED) is 0.411. The molecular weight excluding hydrogens is 398 g/mol. The summed E-state index contributed by atoms with van der Waals surface area (Å²) in [6.45, 7) is 1.21. The molecule has 0 aliphatic heterocycles. The van der Waals surface area contributed by atoms with Gasteiger partial charge in [0.1, 0.15) is 0 Å². The summed E-state index contributed by atoms with van der Waals surface area (Å²) in [5, 5.41) is 15.5. The molecule has 3 aromatic carbocycles. The molecule has 6 nitrogen and oxygen atoms in total. The molecule has 0 aliphatic rings. The highest BCUT2D eigenvalue weighted by Gasteiger charge is 2.11. The van der Waals surface area contributed by atoms with E-state index in [1.54, 1.807) is 6.20 Å². The van der Waals surface area contributed by atoms with Crippen LogP contribution in [0.25, 0.3) is 22.0 Å². The first-order chi connectivity index (χ1) is 15.8. The minimum absolute atomic E-state index is 0.0382. The summed E-state index contributed by atoms with van der Waals surface area (Å²) in [7, 11) is 0. The molecule has 2 heterocycles. The van der Waals surface area contributed by atoms with E-state index in [2.05, 4.69) is 57.0 Å². The van der Waals surface area contributed by atoms with Crippen LogP contribution in [0, 0.1) is 0 Å². The molecule has 2 N–H and O–H groups in total. The van der Waals surface area contributed by atoms with Gasteiger partial charge < -0.3 is 5.32 Å². The third-order valence-corrected chi connectivity index (χ3v) is 5.54. The summed E-state index contributed by atoms with van der Waals surface area (Å²) >= 11 is 0. The van der Waals surface area contributed by atoms with Crippen molar-refractivity contribution < 1.29 is 4.79 Å². The number of H-pyrrole nitrogens is 1. The Morgan fingerprint density at radius 1 is 0.938 bits per heavy atom. The number of amides is 1. The Morgan fingerprint density at radius 3 is 2.59 bits per heavy atom. The molecule has 5 rings (SSSR count). The van der Waals surface area contributed by atoms with Gasteiger partial charge in [-0.1, -0.05) is 66.7 Å². The van der Waals surface area contributed by atoms with Crippen LogP contribution in [-0.2, 0) is 24.3 Å². The molecule has 0 atom stereocenters. The van der Waals surface area contributed by atoms with E-state index >= 15 is 0 Å². The van der Waals surface area contributed by atoms with Gasteiger partial charge in [-0.15, -0.1) is 0 Å². The van der Waals surface area contributed by atoms with Crippen molar-refractivity contribution >= 4 is 16.8 Å². The molecule has 0 aliphatic carbocycles. The fraction of sp³-hybridized carbons (Fsp3) is 0.115. The zero-order chi connectivity index (χ0) is 21.8. The standard InChI is InChI=1S/C26H23N5O/c32-26(16-25-23-8-3-4-9-24(23)29-30-25)27-17-21-6-1-2-7-22(21)20-12-10-19(11-13-20)18-31-15-5-14-28-31/h1-15H,16-18H2,(H,27,32)(H,29,30). The predicted octanol–water partition coefficient (Wildman–Crippen LogP) is 4.33. The van der Waals surface area contributed by atoms with E-state index in [-0.39, 0.29) is 12.3 Å². The average molecular weight is 422 g/mol. The second kappa shape index (κ2) is 8.89. The zero-order valence-electron chi connectivity index (χ0n) is 17.5. The lowest BCUT2D eigenvalue weighted by Gasteiger charge is -2.12. The van der Waals surface area contributed by atoms with Crippen LogP contribution in [0.4, 0.5) is 0 Å². The maximum absolute atomic E-state index is 12.6. The second-order valence-electron chi connectivity index (χ2n) is 7.73. The van der Waals surface area contributed by atoms with Gasteiger partial charge in [0.15, 0.2) is 0 Å². The van der Waals surface area contributed by atoms with Crippen molar-refractivity contribution in [2.45, 2.75) is 19.5 Å². The Morgan fingerprint density at radius 2 is 1.75 bits per heavy atom. The maximum atomic E-state index is 12.6. The highest BCUT2D eigenvalue weighted by Crippen LogP contribution is 2.24. The van der Waals surface area contributed by atoms with Crippen molar-refractivity contribution in [1.82, 2.24) is 25.3 Å². The monoisotopic (exact) mass is 421 g/mol. The number of hydrogen-bond donors (Lipinski definition) is 2. The van der Waals surface area contributed by atoms with Crippen LogP contribution in [0.1, 0.15) is 16.8 Å². The number of nitrogens with one attached hydrogen (secondary N) is 2. The SMILES string of the molecule is O=C(Cc1[nH]nc2ccccc12)NCc1ccccc1-c1ccc(Cn2cccn2)cc1. The third kappa shape index (κ3) is 4.30. The fourth-order valence-electron chi connectivity index (χ4n) is 3.89. The van der Waals surface area contributed by atoms with Crippen LogP contribution in [0.2, 0.25) is 0 Å². The molecule has 0 unspecified atom stereocenters. The number of fused-ring (bicyclic) bond motifs is 1. The Balaban J connectivity index is 1.26.